The predicted octanol–water partition coefficient (Wildman–Crippen LogP) is 4.04. The Labute approximate surface area is 272 Å². The van der Waals surface area contributed by atoms with Crippen molar-refractivity contribution in [1.82, 2.24) is 0 Å². The molecule has 2 aromatic rings. The number of allylic oxidation sites excluding steroid dienone is 5. The average molecular weight is 687 g/mol. The predicted molar refractivity (Wildman–Crippen MR) is 167 cm³/mol. The van der Waals surface area contributed by atoms with Crippen LogP contribution in [0.5, 0.6) is 0 Å². The van der Waals surface area contributed by atoms with Crippen molar-refractivity contribution in [3.05, 3.63) is 87.6 Å². The number of carboxylic acid groups (broad SMARTS) is 3. The van der Waals surface area contributed by atoms with E-state index in [-0.39, 0.29) is 11.1 Å². The molecule has 1 aliphatic carbocycles. The lowest BCUT2D eigenvalue weighted by Gasteiger charge is -2.45. The number of carbonyl (C=O) groups is 3. The SMILES string of the molecule is O=C(O)c1ccc(C(=O)O)c(C2=C3C=CC(=[N+]4CC(F)C4)C=C3[Si]3(CCCCC3)c3cc(N4CC(F)C4)ccc32)c1.O=C([O-])C(F)(F)F. The molecule has 0 bridgehead atoms. The highest BCUT2D eigenvalue weighted by Gasteiger charge is 2.48. The molecule has 4 heterocycles. The Kier molecular flexibility index (Phi) is 8.64. The van der Waals surface area contributed by atoms with E-state index in [1.807, 2.05) is 33.8 Å². The van der Waals surface area contributed by atoms with Crippen LogP contribution in [0, 0.1) is 0 Å². The Hall–Kier alpha value is -4.59. The summed E-state index contributed by atoms with van der Waals surface area (Å²) in [5.74, 6) is -5.26. The summed E-state index contributed by atoms with van der Waals surface area (Å²) in [4.78, 5) is 35.3. The van der Waals surface area contributed by atoms with E-state index in [0.717, 1.165) is 59.5 Å². The standard InChI is InChI=1S/C32H30F2N2O4Si.C2HF3O2/c33-20-15-35(16-20)22-5-8-25-28(13-22)41(10-2-1-3-11-41)29-14-23(36-17-21(34)18-36)6-9-26(29)30(25)27-12-19(31(37)38)4-7-24(27)32(39)40;3-2(4,5)1(6)7/h4-9,12-14,20-21H,1-3,10-11,15-18H2,(H-,37,38,39,40);(H,6,7). The lowest BCUT2D eigenvalue weighted by Crippen LogP contribution is -2.56. The Balaban J connectivity index is 0.000000519. The van der Waals surface area contributed by atoms with Crippen LogP contribution in [0.25, 0.3) is 5.57 Å². The van der Waals surface area contributed by atoms with Gasteiger partial charge >= 0.3 is 18.1 Å². The zero-order valence-electron chi connectivity index (χ0n) is 25.5. The lowest BCUT2D eigenvalue weighted by atomic mass is 9.86. The van der Waals surface area contributed by atoms with Crippen molar-refractivity contribution in [1.29, 1.82) is 0 Å². The van der Waals surface area contributed by atoms with Crippen LogP contribution in [-0.4, -0.2) is 91.2 Å². The highest BCUT2D eigenvalue weighted by Crippen LogP contribution is 2.48. The quantitative estimate of drug-likeness (QED) is 0.283. The second-order valence-corrected chi connectivity index (χ2v) is 16.9. The van der Waals surface area contributed by atoms with Gasteiger partial charge in [0, 0.05) is 17.8 Å². The first-order valence-corrected chi connectivity index (χ1v) is 17.9. The highest BCUT2D eigenvalue weighted by molar-refractivity contribution is 7.00. The maximum absolute atomic E-state index is 13.9. The van der Waals surface area contributed by atoms with Crippen molar-refractivity contribution in [2.45, 2.75) is 49.9 Å². The first-order chi connectivity index (χ1) is 22.7. The molecule has 0 saturated carbocycles. The van der Waals surface area contributed by atoms with Crippen LogP contribution in [0.1, 0.15) is 51.1 Å². The monoisotopic (exact) mass is 686 g/mol. The number of carboxylic acids is 3. The van der Waals surface area contributed by atoms with Crippen LogP contribution in [0.4, 0.5) is 27.6 Å². The first-order valence-electron chi connectivity index (χ1n) is 15.5. The number of halogens is 5. The van der Waals surface area contributed by atoms with Crippen molar-refractivity contribution in [2.75, 3.05) is 31.1 Å². The molecule has 8 nitrogen and oxygen atoms in total. The summed E-state index contributed by atoms with van der Waals surface area (Å²) < 4.78 is 61.3. The molecule has 0 aromatic heterocycles. The number of hydrogen-bond donors (Lipinski definition) is 2. The van der Waals surface area contributed by atoms with Crippen molar-refractivity contribution >= 4 is 48.1 Å². The summed E-state index contributed by atoms with van der Waals surface area (Å²) in [5.41, 5.74) is 4.98. The fourth-order valence-electron chi connectivity index (χ4n) is 7.30. The fourth-order valence-corrected chi connectivity index (χ4v) is 12.9. The van der Waals surface area contributed by atoms with E-state index < -0.39 is 44.5 Å². The van der Waals surface area contributed by atoms with Crippen molar-refractivity contribution < 1.29 is 56.2 Å². The smallest absolute Gasteiger partial charge is 0.430 e. The van der Waals surface area contributed by atoms with Crippen molar-refractivity contribution in [2.24, 2.45) is 0 Å². The van der Waals surface area contributed by atoms with Gasteiger partial charge in [-0.25, -0.2) is 22.9 Å². The molecule has 3 saturated heterocycles. The van der Waals surface area contributed by atoms with Gasteiger partial charge in [0.25, 0.3) is 0 Å². The molecular formula is C34H31F5N2O6Si. The lowest BCUT2D eigenvalue weighted by molar-refractivity contribution is -0.599. The van der Waals surface area contributed by atoms with Gasteiger partial charge in [0.05, 0.1) is 24.2 Å². The summed E-state index contributed by atoms with van der Waals surface area (Å²) in [5, 5.41) is 31.2. The molecule has 2 aromatic carbocycles. The Morgan fingerprint density at radius 2 is 1.54 bits per heavy atom. The van der Waals surface area contributed by atoms with E-state index in [1.54, 1.807) is 0 Å². The average Bonchev–Trinajstić information content (AvgIpc) is 3.02. The topological polar surface area (TPSA) is 121 Å². The third-order valence-electron chi connectivity index (χ3n) is 9.69. The Morgan fingerprint density at radius 3 is 2.10 bits per heavy atom. The molecule has 14 heteroatoms. The minimum atomic E-state index is -5.19. The van der Waals surface area contributed by atoms with Crippen LogP contribution in [0.3, 0.4) is 0 Å². The molecule has 0 unspecified atom stereocenters. The van der Waals surface area contributed by atoms with E-state index >= 15 is 0 Å². The van der Waals surface area contributed by atoms with E-state index in [4.69, 9.17) is 9.90 Å². The van der Waals surface area contributed by atoms with Gasteiger partial charge in [-0.05, 0) is 81.2 Å². The largest absolute Gasteiger partial charge is 0.542 e. The van der Waals surface area contributed by atoms with Gasteiger partial charge in [-0.15, -0.1) is 0 Å². The Morgan fingerprint density at radius 1 is 0.875 bits per heavy atom. The molecule has 0 atom stereocenters. The minimum absolute atomic E-state index is 0.0215. The van der Waals surface area contributed by atoms with E-state index in [2.05, 4.69) is 12.1 Å². The second kappa shape index (κ2) is 12.5. The van der Waals surface area contributed by atoms with Crippen molar-refractivity contribution in [3.8, 4) is 0 Å². The number of rotatable bonds is 4. The van der Waals surface area contributed by atoms with E-state index in [9.17, 15) is 41.8 Å². The maximum Gasteiger partial charge on any atom is 0.430 e. The van der Waals surface area contributed by atoms with Gasteiger partial charge in [0.1, 0.15) is 20.2 Å². The maximum atomic E-state index is 13.9. The summed E-state index contributed by atoms with van der Waals surface area (Å²) in [6.07, 6.45) is 2.69. The number of benzene rings is 2. The molecule has 48 heavy (non-hydrogen) atoms. The van der Waals surface area contributed by atoms with Crippen LogP contribution in [0.2, 0.25) is 12.1 Å². The number of carbonyl (C=O) groups excluding carboxylic acids is 1. The molecule has 5 aliphatic rings. The van der Waals surface area contributed by atoms with Crippen LogP contribution in [-0.2, 0) is 4.79 Å². The van der Waals surface area contributed by atoms with Gasteiger partial charge in [-0.2, -0.15) is 13.2 Å². The summed E-state index contributed by atoms with van der Waals surface area (Å²) in [6.45, 7) is 1.42. The number of fused-ring (bicyclic) bond motifs is 4. The number of nitrogens with zero attached hydrogens (tertiary/aromatic N) is 2. The normalized spacial score (nSPS) is 21.3. The molecule has 252 valence electrons. The van der Waals surface area contributed by atoms with Crippen LogP contribution >= 0.6 is 0 Å². The second-order valence-electron chi connectivity index (χ2n) is 12.6. The minimum Gasteiger partial charge on any atom is -0.542 e. The number of hydrogen-bond acceptors (Lipinski definition) is 5. The number of aliphatic carboxylic acids is 1. The number of anilines is 1. The third kappa shape index (κ3) is 5.97. The molecule has 0 radical (unpaired) electrons. The van der Waals surface area contributed by atoms with E-state index in [1.165, 1.54) is 28.6 Å². The number of alkyl halides is 5. The molecular weight excluding hydrogens is 655 g/mol. The van der Waals surface area contributed by atoms with Gasteiger partial charge in [-0.3, -0.25) is 0 Å². The van der Waals surface area contributed by atoms with Crippen molar-refractivity contribution in [3.63, 3.8) is 0 Å². The third-order valence-corrected chi connectivity index (χ3v) is 15.0. The molecule has 2 N–H and O–H groups in total. The summed E-state index contributed by atoms with van der Waals surface area (Å²) >= 11 is 0. The molecule has 1 spiro atoms. The first kappa shape index (κ1) is 33.3. The molecule has 3 fully saturated rings. The zero-order valence-corrected chi connectivity index (χ0v) is 26.5. The van der Waals surface area contributed by atoms with Gasteiger partial charge in [0.15, 0.2) is 18.8 Å². The zero-order chi connectivity index (χ0) is 34.5. The Bertz CT molecular complexity index is 1830. The van der Waals surface area contributed by atoms with Gasteiger partial charge in [0.2, 0.25) is 6.17 Å². The van der Waals surface area contributed by atoms with Crippen LogP contribution < -0.4 is 15.2 Å². The van der Waals surface area contributed by atoms with Crippen LogP contribution in [0.15, 0.2) is 65.4 Å². The van der Waals surface area contributed by atoms with E-state index in [0.29, 0.717) is 31.7 Å². The number of aromatic carboxylic acids is 2. The molecule has 4 aliphatic heterocycles. The molecule has 7 rings (SSSR count). The highest BCUT2D eigenvalue weighted by atomic mass is 28.3. The fraction of sp³-hybridized carbons (Fsp3) is 0.353. The van der Waals surface area contributed by atoms with Gasteiger partial charge < -0.3 is 25.0 Å². The molecule has 0 amide bonds. The van der Waals surface area contributed by atoms with Gasteiger partial charge in [-0.1, -0.05) is 25.3 Å². The summed E-state index contributed by atoms with van der Waals surface area (Å²) in [7, 11) is -2.36. The summed E-state index contributed by atoms with van der Waals surface area (Å²) in [6, 6.07) is 12.5.